The van der Waals surface area contributed by atoms with Crippen LogP contribution in [0.5, 0.6) is 0 Å². The standard InChI is InChI=1S/C12H14N2O/c1-9(15)7-8-12-10-5-3-4-6-11(10)13-14(12)2/h3-6H,7-8H2,1-2H3. The van der Waals surface area contributed by atoms with E-state index in [0.717, 1.165) is 23.0 Å². The molecule has 78 valence electrons. The predicted molar refractivity (Wildman–Crippen MR) is 59.7 cm³/mol. The smallest absolute Gasteiger partial charge is 0.130 e. The quantitative estimate of drug-likeness (QED) is 0.764. The number of carbonyl (C=O) groups excluding carboxylic acids is 1. The first-order chi connectivity index (χ1) is 7.18. The zero-order valence-corrected chi connectivity index (χ0v) is 9.03. The van der Waals surface area contributed by atoms with Crippen molar-refractivity contribution in [2.45, 2.75) is 19.8 Å². The molecular weight excluding hydrogens is 188 g/mol. The van der Waals surface area contributed by atoms with E-state index in [0.29, 0.717) is 6.42 Å². The molecule has 0 saturated carbocycles. The second-order valence-electron chi connectivity index (χ2n) is 3.79. The van der Waals surface area contributed by atoms with Gasteiger partial charge in [-0.2, -0.15) is 5.10 Å². The summed E-state index contributed by atoms with van der Waals surface area (Å²) in [6.07, 6.45) is 1.36. The average molecular weight is 202 g/mol. The van der Waals surface area contributed by atoms with Crippen LogP contribution in [0.25, 0.3) is 10.9 Å². The number of aromatic nitrogens is 2. The van der Waals surface area contributed by atoms with E-state index in [4.69, 9.17) is 0 Å². The fourth-order valence-corrected chi connectivity index (χ4v) is 1.79. The summed E-state index contributed by atoms with van der Waals surface area (Å²) in [5, 5.41) is 5.55. The van der Waals surface area contributed by atoms with Crippen molar-refractivity contribution in [2.75, 3.05) is 0 Å². The molecule has 0 unspecified atom stereocenters. The summed E-state index contributed by atoms with van der Waals surface area (Å²) >= 11 is 0. The normalized spacial score (nSPS) is 10.8. The van der Waals surface area contributed by atoms with E-state index in [1.807, 2.05) is 29.9 Å². The third-order valence-corrected chi connectivity index (χ3v) is 2.58. The van der Waals surface area contributed by atoms with Gasteiger partial charge in [-0.1, -0.05) is 18.2 Å². The van der Waals surface area contributed by atoms with Crippen LogP contribution >= 0.6 is 0 Å². The number of ketones is 1. The lowest BCUT2D eigenvalue weighted by atomic mass is 10.1. The van der Waals surface area contributed by atoms with E-state index in [1.54, 1.807) is 6.92 Å². The highest BCUT2D eigenvalue weighted by atomic mass is 16.1. The minimum Gasteiger partial charge on any atom is -0.300 e. The number of nitrogens with zero attached hydrogens (tertiary/aromatic N) is 2. The maximum absolute atomic E-state index is 11.0. The lowest BCUT2D eigenvalue weighted by Gasteiger charge is -2.00. The van der Waals surface area contributed by atoms with Crippen LogP contribution in [0.2, 0.25) is 0 Å². The van der Waals surface area contributed by atoms with E-state index in [1.165, 1.54) is 0 Å². The van der Waals surface area contributed by atoms with Crippen molar-refractivity contribution in [3.05, 3.63) is 30.0 Å². The molecule has 0 aliphatic rings. The summed E-state index contributed by atoms with van der Waals surface area (Å²) in [5.74, 6) is 0.222. The Hall–Kier alpha value is -1.64. The summed E-state index contributed by atoms with van der Waals surface area (Å²) in [6.45, 7) is 1.62. The van der Waals surface area contributed by atoms with Crippen LogP contribution in [-0.2, 0) is 18.3 Å². The van der Waals surface area contributed by atoms with Crippen molar-refractivity contribution in [1.29, 1.82) is 0 Å². The van der Waals surface area contributed by atoms with Crippen molar-refractivity contribution in [1.82, 2.24) is 9.78 Å². The SMILES string of the molecule is CC(=O)CCc1c2ccccc2nn1C. The fraction of sp³-hybridized carbons (Fsp3) is 0.333. The average Bonchev–Trinajstić information content (AvgIpc) is 2.50. The molecule has 0 radical (unpaired) electrons. The van der Waals surface area contributed by atoms with Crippen LogP contribution in [0.4, 0.5) is 0 Å². The molecule has 0 aliphatic heterocycles. The van der Waals surface area contributed by atoms with Gasteiger partial charge in [0, 0.05) is 24.5 Å². The van der Waals surface area contributed by atoms with Crippen LogP contribution in [0.3, 0.4) is 0 Å². The highest BCUT2D eigenvalue weighted by Gasteiger charge is 2.08. The number of benzene rings is 1. The Balaban J connectivity index is 2.40. The van der Waals surface area contributed by atoms with Gasteiger partial charge in [-0.05, 0) is 19.4 Å². The molecule has 2 rings (SSSR count). The molecule has 15 heavy (non-hydrogen) atoms. The summed E-state index contributed by atoms with van der Waals surface area (Å²) in [6, 6.07) is 8.02. The topological polar surface area (TPSA) is 34.9 Å². The zero-order valence-electron chi connectivity index (χ0n) is 9.03. The number of carbonyl (C=O) groups is 1. The monoisotopic (exact) mass is 202 g/mol. The van der Waals surface area contributed by atoms with Gasteiger partial charge in [0.25, 0.3) is 0 Å². The maximum Gasteiger partial charge on any atom is 0.130 e. The number of rotatable bonds is 3. The molecule has 0 amide bonds. The molecule has 3 heteroatoms. The van der Waals surface area contributed by atoms with E-state index < -0.39 is 0 Å². The van der Waals surface area contributed by atoms with E-state index in [-0.39, 0.29) is 5.78 Å². The fourth-order valence-electron chi connectivity index (χ4n) is 1.79. The third kappa shape index (κ3) is 1.91. The lowest BCUT2D eigenvalue weighted by molar-refractivity contribution is -0.116. The number of hydrogen-bond donors (Lipinski definition) is 0. The first kappa shape index (κ1) is 9.90. The van der Waals surface area contributed by atoms with Crippen LogP contribution in [0, 0.1) is 0 Å². The van der Waals surface area contributed by atoms with Gasteiger partial charge < -0.3 is 4.79 Å². The number of hydrogen-bond acceptors (Lipinski definition) is 2. The molecular formula is C12H14N2O. The second kappa shape index (κ2) is 3.85. The summed E-state index contributed by atoms with van der Waals surface area (Å²) in [5.41, 5.74) is 2.14. The second-order valence-corrected chi connectivity index (χ2v) is 3.79. The Labute approximate surface area is 88.7 Å². The Morgan fingerprint density at radius 3 is 2.87 bits per heavy atom. The van der Waals surface area contributed by atoms with Crippen LogP contribution in [0.1, 0.15) is 19.0 Å². The molecule has 0 fully saturated rings. The van der Waals surface area contributed by atoms with Crippen LogP contribution < -0.4 is 0 Å². The van der Waals surface area contributed by atoms with Crippen molar-refractivity contribution in [3.63, 3.8) is 0 Å². The van der Waals surface area contributed by atoms with Crippen molar-refractivity contribution in [3.8, 4) is 0 Å². The van der Waals surface area contributed by atoms with E-state index in [2.05, 4.69) is 11.2 Å². The molecule has 0 bridgehead atoms. The zero-order chi connectivity index (χ0) is 10.8. The summed E-state index contributed by atoms with van der Waals surface area (Å²) in [4.78, 5) is 11.0. The molecule has 1 heterocycles. The summed E-state index contributed by atoms with van der Waals surface area (Å²) in [7, 11) is 1.93. The van der Waals surface area contributed by atoms with Gasteiger partial charge >= 0.3 is 0 Å². The molecule has 0 aliphatic carbocycles. The highest BCUT2D eigenvalue weighted by molar-refractivity contribution is 5.82. The van der Waals surface area contributed by atoms with Crippen molar-refractivity contribution < 1.29 is 4.79 Å². The minimum atomic E-state index is 0.222. The van der Waals surface area contributed by atoms with Gasteiger partial charge in [0.1, 0.15) is 5.78 Å². The Kier molecular flexibility index (Phi) is 2.54. The van der Waals surface area contributed by atoms with Gasteiger partial charge in [0.15, 0.2) is 0 Å². The van der Waals surface area contributed by atoms with Gasteiger partial charge in [0.05, 0.1) is 5.52 Å². The Morgan fingerprint density at radius 2 is 2.13 bits per heavy atom. The molecule has 0 spiro atoms. The van der Waals surface area contributed by atoms with Crippen LogP contribution in [0.15, 0.2) is 24.3 Å². The first-order valence-electron chi connectivity index (χ1n) is 5.08. The Morgan fingerprint density at radius 1 is 1.40 bits per heavy atom. The number of fused-ring (bicyclic) bond motifs is 1. The highest BCUT2D eigenvalue weighted by Crippen LogP contribution is 2.18. The minimum absolute atomic E-state index is 0.222. The van der Waals surface area contributed by atoms with Crippen molar-refractivity contribution >= 4 is 16.7 Å². The molecule has 1 aromatic carbocycles. The Bertz CT molecular complexity index is 499. The third-order valence-electron chi connectivity index (χ3n) is 2.58. The van der Waals surface area contributed by atoms with Gasteiger partial charge in [-0.25, -0.2) is 0 Å². The van der Waals surface area contributed by atoms with E-state index in [9.17, 15) is 4.79 Å². The number of Topliss-reactive ketones (excluding diaryl/α,β-unsaturated/α-hetero) is 1. The predicted octanol–water partition coefficient (Wildman–Crippen LogP) is 2.09. The number of aryl methyl sites for hydroxylation is 2. The molecule has 0 saturated heterocycles. The molecule has 0 N–H and O–H groups in total. The van der Waals surface area contributed by atoms with Gasteiger partial charge in [-0.3, -0.25) is 4.68 Å². The van der Waals surface area contributed by atoms with Gasteiger partial charge in [0.2, 0.25) is 0 Å². The molecule has 3 nitrogen and oxygen atoms in total. The van der Waals surface area contributed by atoms with Crippen LogP contribution in [-0.4, -0.2) is 15.6 Å². The largest absolute Gasteiger partial charge is 0.300 e. The van der Waals surface area contributed by atoms with Gasteiger partial charge in [-0.15, -0.1) is 0 Å². The molecule has 1 aromatic heterocycles. The molecule has 0 atom stereocenters. The first-order valence-corrected chi connectivity index (χ1v) is 5.08. The molecule has 2 aromatic rings. The summed E-state index contributed by atoms with van der Waals surface area (Å²) < 4.78 is 1.87. The van der Waals surface area contributed by atoms with E-state index >= 15 is 0 Å². The maximum atomic E-state index is 11.0. The lowest BCUT2D eigenvalue weighted by Crippen LogP contribution is -2.01. The van der Waals surface area contributed by atoms with Crippen molar-refractivity contribution in [2.24, 2.45) is 7.05 Å².